The van der Waals surface area contributed by atoms with Crippen molar-refractivity contribution in [3.63, 3.8) is 0 Å². The van der Waals surface area contributed by atoms with E-state index in [0.717, 1.165) is 25.7 Å². The van der Waals surface area contributed by atoms with E-state index >= 15 is 0 Å². The molecule has 0 heterocycles. The molecular weight excluding hydrogens is 432 g/mol. The summed E-state index contributed by atoms with van der Waals surface area (Å²) in [6.07, 6.45) is 9.63. The summed E-state index contributed by atoms with van der Waals surface area (Å²) >= 11 is 0. The Morgan fingerprint density at radius 2 is 1.35 bits per heavy atom. The van der Waals surface area contributed by atoms with Crippen molar-refractivity contribution in [2.75, 3.05) is 0 Å². The number of rotatable bonds is 15. The van der Waals surface area contributed by atoms with E-state index in [4.69, 9.17) is 9.47 Å². The predicted octanol–water partition coefficient (Wildman–Crippen LogP) is 6.48. The lowest BCUT2D eigenvalue weighted by atomic mass is 9.96. The molecule has 0 bridgehead atoms. The van der Waals surface area contributed by atoms with Gasteiger partial charge in [0.25, 0.3) is 0 Å². The second kappa shape index (κ2) is 17.0. The molecule has 0 spiro atoms. The largest absolute Gasteiger partial charge is 0.459 e. The second-order valence-electron chi connectivity index (χ2n) is 9.91. The number of carbonyl (C=O) groups is 4. The van der Waals surface area contributed by atoms with Gasteiger partial charge in [-0.25, -0.2) is 0 Å². The third-order valence-corrected chi connectivity index (χ3v) is 4.99. The van der Waals surface area contributed by atoms with Crippen LogP contribution in [0.1, 0.15) is 100 Å². The number of Topliss-reactive ketones (excluding diaryl/α,β-unsaturated/α-hetero) is 2. The maximum atomic E-state index is 11.4. The Morgan fingerprint density at radius 1 is 0.853 bits per heavy atom. The van der Waals surface area contributed by atoms with Crippen molar-refractivity contribution in [2.45, 2.75) is 112 Å². The maximum Gasteiger partial charge on any atom is 0.314 e. The van der Waals surface area contributed by atoms with Gasteiger partial charge in [0.1, 0.15) is 35.6 Å². The summed E-state index contributed by atoms with van der Waals surface area (Å²) in [6.45, 7) is 21.9. The van der Waals surface area contributed by atoms with Crippen molar-refractivity contribution in [1.29, 1.82) is 0 Å². The lowest BCUT2D eigenvalue weighted by molar-refractivity contribution is -0.158. The summed E-state index contributed by atoms with van der Waals surface area (Å²) in [6, 6.07) is 0. The first-order valence-electron chi connectivity index (χ1n) is 11.9. The van der Waals surface area contributed by atoms with Crippen LogP contribution >= 0.6 is 0 Å². The molecule has 0 fully saturated rings. The van der Waals surface area contributed by atoms with Gasteiger partial charge in [-0.2, -0.15) is 0 Å². The Morgan fingerprint density at radius 3 is 1.76 bits per heavy atom. The van der Waals surface area contributed by atoms with E-state index in [9.17, 15) is 19.2 Å². The summed E-state index contributed by atoms with van der Waals surface area (Å²) in [5.41, 5.74) is 0.0396. The van der Waals surface area contributed by atoms with Gasteiger partial charge in [0, 0.05) is 0 Å². The molecule has 0 aliphatic carbocycles. The zero-order valence-corrected chi connectivity index (χ0v) is 22.6. The highest BCUT2D eigenvalue weighted by molar-refractivity contribution is 5.94. The molecular formula is C28H46O6. The zero-order valence-electron chi connectivity index (χ0n) is 22.6. The maximum absolute atomic E-state index is 11.4. The van der Waals surface area contributed by atoms with Crippen LogP contribution in [0.2, 0.25) is 0 Å². The van der Waals surface area contributed by atoms with Gasteiger partial charge in [0.15, 0.2) is 0 Å². The average Bonchev–Trinajstić information content (AvgIpc) is 2.65. The summed E-state index contributed by atoms with van der Waals surface area (Å²) in [5.74, 6) is -0.785. The normalized spacial score (nSPS) is 13.2. The first kappa shape index (κ1) is 33.7. The highest BCUT2D eigenvalue weighted by atomic mass is 16.6. The molecule has 194 valence electrons. The molecule has 6 heteroatoms. The van der Waals surface area contributed by atoms with Crippen LogP contribution in [0.15, 0.2) is 37.0 Å². The molecule has 2 unspecified atom stereocenters. The van der Waals surface area contributed by atoms with Crippen LogP contribution in [-0.2, 0) is 28.7 Å². The Labute approximate surface area is 206 Å². The van der Waals surface area contributed by atoms with Crippen molar-refractivity contribution < 1.29 is 28.7 Å². The van der Waals surface area contributed by atoms with Crippen LogP contribution in [0.5, 0.6) is 0 Å². The summed E-state index contributed by atoms with van der Waals surface area (Å²) < 4.78 is 10.6. The second-order valence-corrected chi connectivity index (χ2v) is 9.91. The van der Waals surface area contributed by atoms with E-state index in [0.29, 0.717) is 12.3 Å². The van der Waals surface area contributed by atoms with E-state index in [2.05, 4.69) is 26.2 Å². The monoisotopic (exact) mass is 478 g/mol. The van der Waals surface area contributed by atoms with Crippen LogP contribution in [0.4, 0.5) is 0 Å². The molecule has 0 saturated heterocycles. The molecule has 6 nitrogen and oxygen atoms in total. The number of allylic oxidation sites excluding steroid dienone is 3. The summed E-state index contributed by atoms with van der Waals surface area (Å²) in [4.78, 5) is 44.3. The zero-order chi connectivity index (χ0) is 26.9. The van der Waals surface area contributed by atoms with Gasteiger partial charge in [-0.3, -0.25) is 19.2 Å². The first-order valence-corrected chi connectivity index (χ1v) is 11.9. The molecule has 0 aliphatic rings. The van der Waals surface area contributed by atoms with Gasteiger partial charge in [-0.05, 0) is 92.6 Å². The Bertz CT molecular complexity index is 727. The van der Waals surface area contributed by atoms with Crippen molar-refractivity contribution in [3.8, 4) is 0 Å². The standard InChI is InChI=1S/C14H24O3.C14H22O3/c1-6-11(2)8-7-9-14(4,5)17-13(16)10-12(3)15;1-6-14(5,9-7-8-11(2)3)17-13(16)10-12(4)15/h6,11H,1,7-10H2,2-5H3;6,8H,1,7,9-10H2,2-5H3. The van der Waals surface area contributed by atoms with E-state index in [1.165, 1.54) is 19.4 Å². The topological polar surface area (TPSA) is 86.7 Å². The summed E-state index contributed by atoms with van der Waals surface area (Å²) in [5, 5.41) is 0. The van der Waals surface area contributed by atoms with Gasteiger partial charge >= 0.3 is 11.9 Å². The Hall–Kier alpha value is -2.50. The van der Waals surface area contributed by atoms with Crippen LogP contribution in [-0.4, -0.2) is 34.7 Å². The van der Waals surface area contributed by atoms with Crippen LogP contribution in [0.25, 0.3) is 0 Å². The number of ether oxygens (including phenoxy) is 2. The molecule has 0 radical (unpaired) electrons. The van der Waals surface area contributed by atoms with Gasteiger partial charge in [0.05, 0.1) is 0 Å². The molecule has 0 aliphatic heterocycles. The van der Waals surface area contributed by atoms with E-state index in [1.807, 2.05) is 33.8 Å². The SMILES string of the molecule is C=CC(C)(CCC=C(C)C)OC(=O)CC(C)=O.C=CC(C)CCCC(C)(C)OC(=O)CC(C)=O. The lowest BCUT2D eigenvalue weighted by Crippen LogP contribution is -2.29. The summed E-state index contributed by atoms with van der Waals surface area (Å²) in [7, 11) is 0. The fourth-order valence-corrected chi connectivity index (χ4v) is 2.91. The number of ketones is 2. The van der Waals surface area contributed by atoms with E-state index in [-0.39, 0.29) is 24.4 Å². The van der Waals surface area contributed by atoms with Gasteiger partial charge < -0.3 is 9.47 Å². The molecule has 2 atom stereocenters. The van der Waals surface area contributed by atoms with Gasteiger partial charge in [-0.15, -0.1) is 6.58 Å². The first-order chi connectivity index (χ1) is 15.6. The van der Waals surface area contributed by atoms with Crippen LogP contribution in [0.3, 0.4) is 0 Å². The van der Waals surface area contributed by atoms with E-state index < -0.39 is 23.1 Å². The molecule has 0 aromatic carbocycles. The smallest absolute Gasteiger partial charge is 0.314 e. The Kier molecular flexibility index (Phi) is 16.8. The molecule has 0 aromatic rings. The number of carbonyl (C=O) groups excluding carboxylic acids is 4. The average molecular weight is 479 g/mol. The Balaban J connectivity index is 0. The number of hydrogen-bond donors (Lipinski definition) is 0. The fraction of sp³-hybridized carbons (Fsp3) is 0.643. The molecule has 0 saturated carbocycles. The van der Waals surface area contributed by atoms with Crippen LogP contribution in [0, 0.1) is 5.92 Å². The molecule has 0 amide bonds. The van der Waals surface area contributed by atoms with Crippen molar-refractivity contribution >= 4 is 23.5 Å². The van der Waals surface area contributed by atoms with Crippen molar-refractivity contribution in [2.24, 2.45) is 5.92 Å². The minimum atomic E-state index is -0.696. The number of esters is 2. The molecule has 34 heavy (non-hydrogen) atoms. The van der Waals surface area contributed by atoms with Crippen molar-refractivity contribution in [1.82, 2.24) is 0 Å². The quantitative estimate of drug-likeness (QED) is 0.152. The lowest BCUT2D eigenvalue weighted by Gasteiger charge is -2.25. The highest BCUT2D eigenvalue weighted by Gasteiger charge is 2.25. The van der Waals surface area contributed by atoms with Gasteiger partial charge in [0.2, 0.25) is 0 Å². The number of hydrogen-bond acceptors (Lipinski definition) is 6. The minimum Gasteiger partial charge on any atom is -0.459 e. The molecule has 0 rings (SSSR count). The molecule has 0 aromatic heterocycles. The minimum absolute atomic E-state index is 0.132. The fourth-order valence-electron chi connectivity index (χ4n) is 2.91. The predicted molar refractivity (Wildman–Crippen MR) is 137 cm³/mol. The molecule has 0 N–H and O–H groups in total. The third kappa shape index (κ3) is 20.1. The third-order valence-electron chi connectivity index (χ3n) is 4.99. The van der Waals surface area contributed by atoms with Crippen molar-refractivity contribution in [3.05, 3.63) is 37.0 Å². The van der Waals surface area contributed by atoms with Gasteiger partial charge in [-0.1, -0.05) is 31.2 Å². The highest BCUT2D eigenvalue weighted by Crippen LogP contribution is 2.22. The van der Waals surface area contributed by atoms with Crippen LogP contribution < -0.4 is 0 Å². The van der Waals surface area contributed by atoms with E-state index in [1.54, 1.807) is 13.0 Å².